The van der Waals surface area contributed by atoms with Gasteiger partial charge in [-0.25, -0.2) is 0 Å². The molecule has 0 saturated carbocycles. The molecule has 0 aliphatic carbocycles. The van der Waals surface area contributed by atoms with Crippen molar-refractivity contribution in [2.75, 3.05) is 39.8 Å². The Balaban J connectivity index is 2.29. The van der Waals surface area contributed by atoms with Crippen LogP contribution in [0.1, 0.15) is 27.2 Å². The van der Waals surface area contributed by atoms with Crippen LogP contribution in [0.2, 0.25) is 0 Å². The van der Waals surface area contributed by atoms with Gasteiger partial charge in [-0.05, 0) is 27.2 Å². The maximum Gasteiger partial charge on any atom is 0.236 e. The zero-order chi connectivity index (χ0) is 12.2. The molecule has 1 aliphatic rings. The minimum absolute atomic E-state index is 0.159. The summed E-state index contributed by atoms with van der Waals surface area (Å²) in [7, 11) is 1.89. The van der Waals surface area contributed by atoms with Gasteiger partial charge in [-0.2, -0.15) is 0 Å². The Hall–Kier alpha value is -0.610. The molecule has 0 bridgehead atoms. The number of nitrogens with one attached hydrogen (secondary N) is 1. The average Bonchev–Trinajstić information content (AvgIpc) is 2.28. The predicted octanol–water partition coefficient (Wildman–Crippen LogP) is 0.539. The first-order chi connectivity index (χ1) is 7.38. The van der Waals surface area contributed by atoms with Gasteiger partial charge in [0.15, 0.2) is 0 Å². The van der Waals surface area contributed by atoms with E-state index in [0.29, 0.717) is 6.54 Å². The summed E-state index contributed by atoms with van der Waals surface area (Å²) >= 11 is 0. The monoisotopic (exact) mass is 227 g/mol. The zero-order valence-electron chi connectivity index (χ0n) is 11.0. The molecule has 1 heterocycles. The molecule has 0 atom stereocenters. The second kappa shape index (κ2) is 5.64. The molecule has 0 aromatic rings. The molecule has 1 N–H and O–H groups in total. The summed E-state index contributed by atoms with van der Waals surface area (Å²) in [6, 6.07) is 0. The van der Waals surface area contributed by atoms with Crippen molar-refractivity contribution in [2.45, 2.75) is 32.7 Å². The highest BCUT2D eigenvalue weighted by atomic mass is 16.2. The van der Waals surface area contributed by atoms with E-state index in [2.05, 4.69) is 31.0 Å². The molecular weight excluding hydrogens is 202 g/mol. The van der Waals surface area contributed by atoms with Gasteiger partial charge in [0, 0.05) is 38.8 Å². The lowest BCUT2D eigenvalue weighted by atomic mass is 10.1. The molecule has 16 heavy (non-hydrogen) atoms. The maximum absolute atomic E-state index is 11.6. The maximum atomic E-state index is 11.6. The van der Waals surface area contributed by atoms with Crippen LogP contribution in [-0.4, -0.2) is 61.0 Å². The van der Waals surface area contributed by atoms with Gasteiger partial charge in [0.2, 0.25) is 5.91 Å². The lowest BCUT2D eigenvalue weighted by Crippen LogP contribution is -2.43. The van der Waals surface area contributed by atoms with Crippen LogP contribution in [0.15, 0.2) is 0 Å². The quantitative estimate of drug-likeness (QED) is 0.764. The van der Waals surface area contributed by atoms with Crippen LogP contribution in [0.5, 0.6) is 0 Å². The Morgan fingerprint density at radius 3 is 2.62 bits per heavy atom. The molecule has 0 aromatic heterocycles. The van der Waals surface area contributed by atoms with Crippen molar-refractivity contribution in [3.05, 3.63) is 0 Å². The third kappa shape index (κ3) is 4.94. The molecule has 4 heteroatoms. The summed E-state index contributed by atoms with van der Waals surface area (Å²) in [5.41, 5.74) is 0.159. The van der Waals surface area contributed by atoms with Gasteiger partial charge >= 0.3 is 0 Å². The van der Waals surface area contributed by atoms with Crippen molar-refractivity contribution in [1.29, 1.82) is 0 Å². The summed E-state index contributed by atoms with van der Waals surface area (Å²) in [5.74, 6) is 0.244. The molecule has 0 spiro atoms. The number of carbonyl (C=O) groups is 1. The average molecular weight is 227 g/mol. The fourth-order valence-corrected chi connectivity index (χ4v) is 1.83. The number of nitrogens with zero attached hydrogens (tertiary/aromatic N) is 2. The lowest BCUT2D eigenvalue weighted by molar-refractivity contribution is -0.129. The molecule has 1 saturated heterocycles. The van der Waals surface area contributed by atoms with E-state index < -0.39 is 0 Å². The van der Waals surface area contributed by atoms with Gasteiger partial charge < -0.3 is 10.2 Å². The molecule has 1 aliphatic heterocycles. The second-order valence-corrected chi connectivity index (χ2v) is 5.62. The van der Waals surface area contributed by atoms with E-state index >= 15 is 0 Å². The fourth-order valence-electron chi connectivity index (χ4n) is 1.83. The minimum atomic E-state index is 0.159. The van der Waals surface area contributed by atoms with Crippen LogP contribution in [-0.2, 0) is 4.79 Å². The Labute approximate surface area is 99.0 Å². The summed E-state index contributed by atoms with van der Waals surface area (Å²) in [4.78, 5) is 15.7. The predicted molar refractivity (Wildman–Crippen MR) is 66.4 cm³/mol. The summed E-state index contributed by atoms with van der Waals surface area (Å²) in [6.07, 6.45) is 1.08. The van der Waals surface area contributed by atoms with Crippen molar-refractivity contribution in [1.82, 2.24) is 15.1 Å². The van der Waals surface area contributed by atoms with Crippen LogP contribution in [0.4, 0.5) is 0 Å². The van der Waals surface area contributed by atoms with Gasteiger partial charge in [0.1, 0.15) is 0 Å². The number of rotatable bonds is 3. The number of likely N-dealkylation sites (N-methyl/N-ethyl adjacent to an activating group) is 1. The standard InChI is InChI=1S/C12H25N3O/c1-12(2,3)13-6-9-15-8-5-7-14(4)11(16)10-15/h13H,5-10H2,1-4H3. The number of hydrogen-bond acceptors (Lipinski definition) is 3. The van der Waals surface area contributed by atoms with E-state index in [-0.39, 0.29) is 11.4 Å². The van der Waals surface area contributed by atoms with Gasteiger partial charge in [-0.3, -0.25) is 9.69 Å². The third-order valence-electron chi connectivity index (χ3n) is 2.84. The smallest absolute Gasteiger partial charge is 0.236 e. The van der Waals surface area contributed by atoms with Crippen molar-refractivity contribution in [3.8, 4) is 0 Å². The Kier molecular flexibility index (Phi) is 4.74. The molecule has 4 nitrogen and oxygen atoms in total. The summed E-state index contributed by atoms with van der Waals surface area (Å²) in [5, 5.41) is 3.45. The summed E-state index contributed by atoms with van der Waals surface area (Å²) < 4.78 is 0. The minimum Gasteiger partial charge on any atom is -0.345 e. The highest BCUT2D eigenvalue weighted by Crippen LogP contribution is 2.02. The first-order valence-electron chi connectivity index (χ1n) is 6.10. The Morgan fingerprint density at radius 2 is 2.00 bits per heavy atom. The number of carbonyl (C=O) groups excluding carboxylic acids is 1. The second-order valence-electron chi connectivity index (χ2n) is 5.62. The highest BCUT2D eigenvalue weighted by Gasteiger charge is 2.18. The molecule has 1 fully saturated rings. The first-order valence-corrected chi connectivity index (χ1v) is 6.10. The number of amides is 1. The van der Waals surface area contributed by atoms with Crippen LogP contribution in [0.25, 0.3) is 0 Å². The molecule has 1 amide bonds. The lowest BCUT2D eigenvalue weighted by Gasteiger charge is -2.24. The van der Waals surface area contributed by atoms with Crippen LogP contribution >= 0.6 is 0 Å². The van der Waals surface area contributed by atoms with Crippen molar-refractivity contribution in [2.24, 2.45) is 0 Å². The van der Waals surface area contributed by atoms with E-state index in [1.165, 1.54) is 0 Å². The normalized spacial score (nSPS) is 20.0. The zero-order valence-corrected chi connectivity index (χ0v) is 11.0. The molecule has 0 unspecified atom stereocenters. The van der Waals surface area contributed by atoms with Gasteiger partial charge in [0.25, 0.3) is 0 Å². The molecule has 94 valence electrons. The van der Waals surface area contributed by atoms with E-state index in [4.69, 9.17) is 0 Å². The van der Waals surface area contributed by atoms with Crippen molar-refractivity contribution >= 4 is 5.91 Å². The molecule has 1 rings (SSSR count). The summed E-state index contributed by atoms with van der Waals surface area (Å²) in [6.45, 7) is 10.9. The first kappa shape index (κ1) is 13.5. The molecule has 0 aromatic carbocycles. The SMILES string of the molecule is CN1CCCN(CCNC(C)(C)C)CC1=O. The Bertz CT molecular complexity index is 235. The van der Waals surface area contributed by atoms with Gasteiger partial charge in [-0.15, -0.1) is 0 Å². The van der Waals surface area contributed by atoms with Crippen LogP contribution in [0.3, 0.4) is 0 Å². The van der Waals surface area contributed by atoms with E-state index in [1.807, 2.05) is 11.9 Å². The van der Waals surface area contributed by atoms with Crippen LogP contribution < -0.4 is 5.32 Å². The van der Waals surface area contributed by atoms with Gasteiger partial charge in [-0.1, -0.05) is 0 Å². The molecular formula is C12H25N3O. The van der Waals surface area contributed by atoms with E-state index in [9.17, 15) is 4.79 Å². The number of hydrogen-bond donors (Lipinski definition) is 1. The van der Waals surface area contributed by atoms with E-state index in [1.54, 1.807) is 0 Å². The van der Waals surface area contributed by atoms with Crippen molar-refractivity contribution < 1.29 is 4.79 Å². The third-order valence-corrected chi connectivity index (χ3v) is 2.84. The largest absolute Gasteiger partial charge is 0.345 e. The van der Waals surface area contributed by atoms with E-state index in [0.717, 1.165) is 32.6 Å². The Morgan fingerprint density at radius 1 is 1.31 bits per heavy atom. The van der Waals surface area contributed by atoms with Crippen molar-refractivity contribution in [3.63, 3.8) is 0 Å². The fraction of sp³-hybridized carbons (Fsp3) is 0.917. The topological polar surface area (TPSA) is 35.6 Å². The van der Waals surface area contributed by atoms with Gasteiger partial charge in [0.05, 0.1) is 6.54 Å². The van der Waals surface area contributed by atoms with Crippen LogP contribution in [0, 0.1) is 0 Å². The highest BCUT2D eigenvalue weighted by molar-refractivity contribution is 5.78. The molecule has 0 radical (unpaired) electrons.